The first-order chi connectivity index (χ1) is 11.8. The molecule has 0 fully saturated rings. The molecule has 1 aromatic carbocycles. The molecule has 1 N–H and O–H groups in total. The predicted octanol–water partition coefficient (Wildman–Crippen LogP) is 3.24. The summed E-state index contributed by atoms with van der Waals surface area (Å²) in [7, 11) is -1.61. The molecule has 1 aromatic heterocycles. The molecule has 136 valence electrons. The molecular formula is C17H20ClNO4S2. The van der Waals surface area contributed by atoms with Crippen molar-refractivity contribution < 1.29 is 17.9 Å². The number of methoxy groups -OCH3 is 1. The van der Waals surface area contributed by atoms with Crippen LogP contribution in [0.1, 0.15) is 23.0 Å². The van der Waals surface area contributed by atoms with Crippen molar-refractivity contribution in [2.75, 3.05) is 19.9 Å². The number of hydrogen-bond donors (Lipinski definition) is 1. The molecule has 0 unspecified atom stereocenters. The molecular weight excluding hydrogens is 382 g/mol. The van der Waals surface area contributed by atoms with Crippen LogP contribution in [0.3, 0.4) is 0 Å². The van der Waals surface area contributed by atoms with Gasteiger partial charge in [-0.25, -0.2) is 8.42 Å². The van der Waals surface area contributed by atoms with Crippen molar-refractivity contribution in [1.29, 1.82) is 0 Å². The molecule has 0 aliphatic rings. The Kier molecular flexibility index (Phi) is 7.01. The van der Waals surface area contributed by atoms with Gasteiger partial charge in [0, 0.05) is 31.2 Å². The molecule has 1 amide bonds. The summed E-state index contributed by atoms with van der Waals surface area (Å²) in [5.41, 5.74) is 0.913. The normalized spacial score (nSPS) is 12.8. The third-order valence-corrected chi connectivity index (χ3v) is 6.12. The number of benzene rings is 1. The highest BCUT2D eigenvalue weighted by Crippen LogP contribution is 2.28. The Morgan fingerprint density at radius 1 is 1.24 bits per heavy atom. The van der Waals surface area contributed by atoms with Crippen LogP contribution in [0, 0.1) is 0 Å². The van der Waals surface area contributed by atoms with E-state index in [1.54, 1.807) is 37.4 Å². The molecule has 8 heteroatoms. The van der Waals surface area contributed by atoms with Crippen LogP contribution in [-0.4, -0.2) is 34.2 Å². The molecule has 0 aliphatic carbocycles. The highest BCUT2D eigenvalue weighted by atomic mass is 35.5. The second-order valence-corrected chi connectivity index (χ2v) is 9.35. The van der Waals surface area contributed by atoms with E-state index in [0.29, 0.717) is 23.7 Å². The number of aryl methyl sites for hydroxylation is 1. The maximum atomic E-state index is 12.0. The van der Waals surface area contributed by atoms with Crippen LogP contribution in [-0.2, 0) is 25.8 Å². The summed E-state index contributed by atoms with van der Waals surface area (Å²) in [6.45, 7) is 0.374. The maximum absolute atomic E-state index is 12.0. The zero-order valence-electron chi connectivity index (χ0n) is 14.0. The lowest BCUT2D eigenvalue weighted by molar-refractivity contribution is -0.121. The van der Waals surface area contributed by atoms with Gasteiger partial charge in [0.15, 0.2) is 9.84 Å². The number of halogens is 1. The van der Waals surface area contributed by atoms with Crippen molar-refractivity contribution in [1.82, 2.24) is 5.32 Å². The van der Waals surface area contributed by atoms with E-state index in [4.69, 9.17) is 16.3 Å². The van der Waals surface area contributed by atoms with Gasteiger partial charge in [-0.05, 0) is 36.2 Å². The van der Waals surface area contributed by atoms with E-state index >= 15 is 0 Å². The minimum absolute atomic E-state index is 0.0862. The average Bonchev–Trinajstić information content (AvgIpc) is 2.99. The third-order valence-electron chi connectivity index (χ3n) is 3.67. The fourth-order valence-corrected chi connectivity index (χ4v) is 4.03. The van der Waals surface area contributed by atoms with Gasteiger partial charge in [-0.2, -0.15) is 0 Å². The summed E-state index contributed by atoms with van der Waals surface area (Å²) in [4.78, 5) is 13.3. The van der Waals surface area contributed by atoms with Gasteiger partial charge >= 0.3 is 0 Å². The lowest BCUT2D eigenvalue weighted by atomic mass is 10.1. The van der Waals surface area contributed by atoms with E-state index in [-0.39, 0.29) is 16.9 Å². The molecule has 2 rings (SSSR count). The van der Waals surface area contributed by atoms with E-state index in [1.165, 1.54) is 17.6 Å². The van der Waals surface area contributed by atoms with E-state index in [1.807, 2.05) is 6.07 Å². The van der Waals surface area contributed by atoms with Crippen LogP contribution in [0.4, 0.5) is 0 Å². The van der Waals surface area contributed by atoms with Crippen molar-refractivity contribution in [3.8, 4) is 0 Å². The highest BCUT2D eigenvalue weighted by molar-refractivity contribution is 7.90. The molecule has 2 aromatic rings. The van der Waals surface area contributed by atoms with Gasteiger partial charge in [-0.15, -0.1) is 11.3 Å². The van der Waals surface area contributed by atoms with Crippen molar-refractivity contribution >= 4 is 38.7 Å². The van der Waals surface area contributed by atoms with Gasteiger partial charge in [0.1, 0.15) is 6.10 Å². The molecule has 5 nitrogen and oxygen atoms in total. The van der Waals surface area contributed by atoms with E-state index in [9.17, 15) is 13.2 Å². The van der Waals surface area contributed by atoms with Crippen LogP contribution in [0.5, 0.6) is 0 Å². The molecule has 25 heavy (non-hydrogen) atoms. The molecule has 0 saturated carbocycles. The molecule has 0 radical (unpaired) electrons. The monoisotopic (exact) mass is 401 g/mol. The van der Waals surface area contributed by atoms with Crippen molar-refractivity contribution in [2.45, 2.75) is 23.8 Å². The number of thiophene rings is 1. The van der Waals surface area contributed by atoms with Crippen molar-refractivity contribution in [3.63, 3.8) is 0 Å². The maximum Gasteiger partial charge on any atom is 0.220 e. The van der Waals surface area contributed by atoms with Crippen molar-refractivity contribution in [2.24, 2.45) is 0 Å². The van der Waals surface area contributed by atoms with Gasteiger partial charge in [-0.1, -0.05) is 23.7 Å². The van der Waals surface area contributed by atoms with Gasteiger partial charge in [-0.3, -0.25) is 4.79 Å². The Morgan fingerprint density at radius 2 is 1.92 bits per heavy atom. The molecule has 0 bridgehead atoms. The summed E-state index contributed by atoms with van der Waals surface area (Å²) in [6.07, 6.45) is 1.80. The van der Waals surface area contributed by atoms with Crippen LogP contribution in [0.25, 0.3) is 0 Å². The molecule has 1 atom stereocenters. The number of carbonyl (C=O) groups excluding carboxylic acids is 1. The number of sulfone groups is 1. The van der Waals surface area contributed by atoms with Crippen LogP contribution >= 0.6 is 22.9 Å². The van der Waals surface area contributed by atoms with Gasteiger partial charge < -0.3 is 10.1 Å². The average molecular weight is 402 g/mol. The van der Waals surface area contributed by atoms with Gasteiger partial charge in [0.2, 0.25) is 5.91 Å². The Labute approximate surface area is 156 Å². The van der Waals surface area contributed by atoms with Crippen LogP contribution < -0.4 is 5.32 Å². The molecule has 0 spiro atoms. The summed E-state index contributed by atoms with van der Waals surface area (Å²) < 4.78 is 28.9. The largest absolute Gasteiger partial charge is 0.374 e. The number of carbonyl (C=O) groups is 1. The summed E-state index contributed by atoms with van der Waals surface area (Å²) in [5, 5.41) is 2.85. The lowest BCUT2D eigenvalue weighted by Crippen LogP contribution is -2.29. The Morgan fingerprint density at radius 3 is 2.44 bits per heavy atom. The Hall–Kier alpha value is -1.41. The number of hydrogen-bond acceptors (Lipinski definition) is 5. The van der Waals surface area contributed by atoms with Crippen LogP contribution in [0.2, 0.25) is 4.34 Å². The van der Waals surface area contributed by atoms with E-state index in [2.05, 4.69) is 5.32 Å². The number of rotatable bonds is 8. The van der Waals surface area contributed by atoms with Crippen molar-refractivity contribution in [3.05, 3.63) is 51.2 Å². The Balaban J connectivity index is 1.82. The first-order valence-corrected chi connectivity index (χ1v) is 10.7. The minimum atomic E-state index is -3.20. The quantitative estimate of drug-likeness (QED) is 0.737. The topological polar surface area (TPSA) is 72.5 Å². The summed E-state index contributed by atoms with van der Waals surface area (Å²) in [6, 6.07) is 10.3. The fraction of sp³-hybridized carbons (Fsp3) is 0.353. The second-order valence-electron chi connectivity index (χ2n) is 5.59. The number of nitrogens with one attached hydrogen (secondary N) is 1. The molecule has 0 saturated heterocycles. The van der Waals surface area contributed by atoms with E-state index in [0.717, 1.165) is 10.4 Å². The second kappa shape index (κ2) is 8.80. The Bertz CT molecular complexity index is 815. The van der Waals surface area contributed by atoms with Gasteiger partial charge in [0.05, 0.1) is 9.23 Å². The number of ether oxygens (including phenoxy) is 1. The van der Waals surface area contributed by atoms with E-state index < -0.39 is 9.84 Å². The molecule has 1 heterocycles. The van der Waals surface area contributed by atoms with Gasteiger partial charge in [0.25, 0.3) is 0 Å². The summed E-state index contributed by atoms with van der Waals surface area (Å²) in [5.74, 6) is -0.0862. The lowest BCUT2D eigenvalue weighted by Gasteiger charge is -2.14. The minimum Gasteiger partial charge on any atom is -0.374 e. The number of amides is 1. The first kappa shape index (κ1) is 19.9. The standard InChI is InChI=1S/C17H20ClNO4S2/c1-23-14(15-8-9-16(18)24-15)11-19-17(20)10-5-12-3-6-13(7-4-12)25(2,21)22/h3-4,6-9,14H,5,10-11H2,1-2H3,(H,19,20)/t14-/m1/s1. The first-order valence-electron chi connectivity index (χ1n) is 7.63. The SMILES string of the molecule is CO[C@H](CNC(=O)CCc1ccc(S(C)(=O)=O)cc1)c1ccc(Cl)s1. The third kappa shape index (κ3) is 6.11. The summed E-state index contributed by atoms with van der Waals surface area (Å²) >= 11 is 7.34. The fourth-order valence-electron chi connectivity index (χ4n) is 2.26. The zero-order valence-corrected chi connectivity index (χ0v) is 16.4. The zero-order chi connectivity index (χ0) is 18.4. The smallest absolute Gasteiger partial charge is 0.220 e. The highest BCUT2D eigenvalue weighted by Gasteiger charge is 2.14. The predicted molar refractivity (Wildman–Crippen MR) is 100.0 cm³/mol. The molecule has 0 aliphatic heterocycles. The van der Waals surface area contributed by atoms with Crippen LogP contribution in [0.15, 0.2) is 41.3 Å².